The van der Waals surface area contributed by atoms with Gasteiger partial charge in [-0.2, -0.15) is 0 Å². The standard InChI is InChI=1S/C25H19N3O3/c1-25-17(29)10-18(31-25)27-15-8-4-2-6-12(15)20-21-14(11-26-24(21)30)19-13-7-3-5-9-16(13)28(25)23(19)22(20)27/h2-9,17-18,29H,10-11H2,1H3,(H,26,30)/t17-,18?,25+/m0/s1. The highest BCUT2D eigenvalue weighted by Crippen LogP contribution is 2.54. The molecule has 2 aromatic heterocycles. The average molecular weight is 409 g/mol. The smallest absolute Gasteiger partial charge is 0.252 e. The zero-order valence-corrected chi connectivity index (χ0v) is 16.8. The number of hydrogen-bond acceptors (Lipinski definition) is 3. The number of carbonyl (C=O) groups excluding carboxylic acids is 1. The second-order valence-corrected chi connectivity index (χ2v) is 9.10. The van der Waals surface area contributed by atoms with E-state index in [0.717, 1.165) is 54.7 Å². The van der Waals surface area contributed by atoms with Crippen molar-refractivity contribution in [3.63, 3.8) is 0 Å². The van der Waals surface area contributed by atoms with E-state index in [-0.39, 0.29) is 12.1 Å². The Morgan fingerprint density at radius 2 is 1.74 bits per heavy atom. The van der Waals surface area contributed by atoms with Gasteiger partial charge in [-0.3, -0.25) is 4.79 Å². The lowest BCUT2D eigenvalue weighted by Gasteiger charge is -2.30. The van der Waals surface area contributed by atoms with Crippen LogP contribution in [0.4, 0.5) is 0 Å². The lowest BCUT2D eigenvalue weighted by Crippen LogP contribution is -2.39. The second kappa shape index (κ2) is 4.93. The third-order valence-electron chi connectivity index (χ3n) is 7.67. The summed E-state index contributed by atoms with van der Waals surface area (Å²) in [5.41, 5.74) is 5.07. The third kappa shape index (κ3) is 1.60. The van der Waals surface area contributed by atoms with Crippen LogP contribution in [0, 0.1) is 0 Å². The van der Waals surface area contributed by atoms with Crippen LogP contribution in [0.3, 0.4) is 0 Å². The summed E-state index contributed by atoms with van der Waals surface area (Å²) in [6, 6.07) is 16.5. The predicted octanol–water partition coefficient (Wildman–Crippen LogP) is 4.11. The van der Waals surface area contributed by atoms with Gasteiger partial charge < -0.3 is 24.3 Å². The number of aliphatic hydroxyl groups excluding tert-OH is 1. The van der Waals surface area contributed by atoms with E-state index in [1.165, 1.54) is 0 Å². The zero-order chi connectivity index (χ0) is 20.6. The van der Waals surface area contributed by atoms with Crippen LogP contribution >= 0.6 is 0 Å². The summed E-state index contributed by atoms with van der Waals surface area (Å²) in [7, 11) is 0. The molecule has 1 unspecified atom stereocenters. The van der Waals surface area contributed by atoms with E-state index >= 15 is 0 Å². The maximum atomic E-state index is 13.1. The number of nitrogens with one attached hydrogen (secondary N) is 1. The molecule has 0 aliphatic carbocycles. The third-order valence-corrected chi connectivity index (χ3v) is 7.67. The molecule has 2 N–H and O–H groups in total. The van der Waals surface area contributed by atoms with Crippen molar-refractivity contribution in [2.45, 2.75) is 37.9 Å². The molecule has 2 bridgehead atoms. The number of hydrogen-bond donors (Lipinski definition) is 2. The first-order valence-corrected chi connectivity index (χ1v) is 10.7. The minimum Gasteiger partial charge on any atom is -0.388 e. The van der Waals surface area contributed by atoms with Crippen molar-refractivity contribution in [3.8, 4) is 0 Å². The number of rotatable bonds is 0. The molecule has 3 aliphatic rings. The first-order valence-electron chi connectivity index (χ1n) is 10.7. The Labute approximate surface area is 176 Å². The van der Waals surface area contributed by atoms with E-state index in [1.54, 1.807) is 0 Å². The predicted molar refractivity (Wildman–Crippen MR) is 118 cm³/mol. The molecule has 6 heteroatoms. The van der Waals surface area contributed by atoms with Crippen LogP contribution in [0.25, 0.3) is 43.6 Å². The molecule has 1 saturated heterocycles. The van der Waals surface area contributed by atoms with Gasteiger partial charge in [-0.15, -0.1) is 0 Å². The number of aromatic nitrogens is 2. The maximum Gasteiger partial charge on any atom is 0.252 e. The zero-order valence-electron chi connectivity index (χ0n) is 16.8. The molecule has 0 radical (unpaired) electrons. The minimum atomic E-state index is -0.886. The van der Waals surface area contributed by atoms with Crippen molar-refractivity contribution < 1.29 is 14.6 Å². The Hall–Kier alpha value is -3.35. The topological polar surface area (TPSA) is 68.4 Å². The molecule has 5 aromatic rings. The van der Waals surface area contributed by atoms with Crippen LogP contribution in [0.2, 0.25) is 0 Å². The highest BCUT2D eigenvalue weighted by molar-refractivity contribution is 6.31. The van der Waals surface area contributed by atoms with Crippen molar-refractivity contribution in [3.05, 3.63) is 59.7 Å². The molecular weight excluding hydrogens is 390 g/mol. The van der Waals surface area contributed by atoms with Crippen LogP contribution in [-0.2, 0) is 17.0 Å². The van der Waals surface area contributed by atoms with Gasteiger partial charge in [-0.05, 0) is 24.6 Å². The van der Waals surface area contributed by atoms with E-state index < -0.39 is 11.8 Å². The normalized spacial score (nSPS) is 26.5. The monoisotopic (exact) mass is 409 g/mol. The molecule has 1 amide bonds. The first-order chi connectivity index (χ1) is 15.1. The van der Waals surface area contributed by atoms with E-state index in [1.807, 2.05) is 31.2 Å². The van der Waals surface area contributed by atoms with Crippen molar-refractivity contribution in [2.75, 3.05) is 0 Å². The quantitative estimate of drug-likeness (QED) is 0.404. The second-order valence-electron chi connectivity index (χ2n) is 9.10. The summed E-state index contributed by atoms with van der Waals surface area (Å²) in [4.78, 5) is 13.1. The number of para-hydroxylation sites is 2. The fourth-order valence-electron chi connectivity index (χ4n) is 6.41. The van der Waals surface area contributed by atoms with Gasteiger partial charge in [-0.1, -0.05) is 36.4 Å². The fourth-order valence-corrected chi connectivity index (χ4v) is 6.41. The summed E-state index contributed by atoms with van der Waals surface area (Å²) in [6.45, 7) is 2.50. The van der Waals surface area contributed by atoms with Crippen molar-refractivity contribution in [1.29, 1.82) is 0 Å². The van der Waals surface area contributed by atoms with E-state index in [2.05, 4.69) is 38.7 Å². The van der Waals surface area contributed by atoms with Gasteiger partial charge in [0.1, 0.15) is 12.3 Å². The summed E-state index contributed by atoms with van der Waals surface area (Å²) >= 11 is 0. The van der Waals surface area contributed by atoms with E-state index in [4.69, 9.17) is 4.74 Å². The Bertz CT molecular complexity index is 1660. The van der Waals surface area contributed by atoms with Gasteiger partial charge >= 0.3 is 0 Å². The molecule has 3 atom stereocenters. The summed E-state index contributed by atoms with van der Waals surface area (Å²) in [5.74, 6) is -0.0156. The first kappa shape index (κ1) is 16.4. The largest absolute Gasteiger partial charge is 0.388 e. The van der Waals surface area contributed by atoms with Crippen LogP contribution < -0.4 is 5.32 Å². The number of amides is 1. The number of fused-ring (bicyclic) bond motifs is 13. The van der Waals surface area contributed by atoms with E-state index in [0.29, 0.717) is 13.0 Å². The highest BCUT2D eigenvalue weighted by Gasteiger charge is 2.51. The number of nitrogens with zero attached hydrogens (tertiary/aromatic N) is 2. The molecule has 5 heterocycles. The van der Waals surface area contributed by atoms with Crippen LogP contribution in [0.15, 0.2) is 48.5 Å². The number of carbonyl (C=O) groups is 1. The molecule has 3 aliphatic heterocycles. The van der Waals surface area contributed by atoms with Gasteiger partial charge in [0.2, 0.25) is 0 Å². The minimum absolute atomic E-state index is 0.0156. The molecule has 6 nitrogen and oxygen atoms in total. The number of benzene rings is 3. The van der Waals surface area contributed by atoms with Crippen LogP contribution in [-0.4, -0.2) is 26.3 Å². The molecular formula is C25H19N3O3. The summed E-state index contributed by atoms with van der Waals surface area (Å²) < 4.78 is 11.1. The molecule has 152 valence electrons. The van der Waals surface area contributed by atoms with Gasteiger partial charge in [0.15, 0.2) is 5.72 Å². The van der Waals surface area contributed by atoms with Gasteiger partial charge in [-0.25, -0.2) is 0 Å². The molecule has 3 aromatic carbocycles. The Balaban J connectivity index is 1.81. The Morgan fingerprint density at radius 1 is 1.03 bits per heavy atom. The van der Waals surface area contributed by atoms with Crippen LogP contribution in [0.1, 0.15) is 35.5 Å². The molecule has 0 spiro atoms. The van der Waals surface area contributed by atoms with Gasteiger partial charge in [0, 0.05) is 34.5 Å². The number of ether oxygens (including phenoxy) is 1. The van der Waals surface area contributed by atoms with Crippen molar-refractivity contribution >= 4 is 49.5 Å². The molecule has 31 heavy (non-hydrogen) atoms. The highest BCUT2D eigenvalue weighted by atomic mass is 16.6. The molecule has 0 saturated carbocycles. The molecule has 8 rings (SSSR count). The van der Waals surface area contributed by atoms with Crippen LogP contribution in [0.5, 0.6) is 0 Å². The molecule has 1 fully saturated rings. The number of aliphatic hydroxyl groups is 1. The van der Waals surface area contributed by atoms with E-state index in [9.17, 15) is 9.90 Å². The summed E-state index contributed by atoms with van der Waals surface area (Å²) in [5, 5.41) is 18.5. The van der Waals surface area contributed by atoms with Gasteiger partial charge in [0.25, 0.3) is 5.91 Å². The SMILES string of the molecule is C[C@@]12OC(C[C@@H]1O)n1c3ccccc3c3c4c(c5c6ccccc6n2c5c31)CNC4=O. The fraction of sp³-hybridized carbons (Fsp3) is 0.240. The van der Waals surface area contributed by atoms with Gasteiger partial charge in [0.05, 0.1) is 27.6 Å². The Morgan fingerprint density at radius 3 is 2.55 bits per heavy atom. The average Bonchev–Trinajstić information content (AvgIpc) is 3.46. The lowest BCUT2D eigenvalue weighted by molar-refractivity contribution is -0.135. The maximum absolute atomic E-state index is 13.1. The Kier molecular flexibility index (Phi) is 2.60. The summed E-state index contributed by atoms with van der Waals surface area (Å²) in [6.07, 6.45) is -0.443. The lowest BCUT2D eigenvalue weighted by atomic mass is 9.96. The van der Waals surface area contributed by atoms with Crippen molar-refractivity contribution in [1.82, 2.24) is 14.5 Å². The van der Waals surface area contributed by atoms with Crippen molar-refractivity contribution in [2.24, 2.45) is 0 Å².